The van der Waals surface area contributed by atoms with Gasteiger partial charge in [-0.2, -0.15) is 0 Å². The molecule has 0 aliphatic carbocycles. The van der Waals surface area contributed by atoms with Crippen molar-refractivity contribution < 1.29 is 4.39 Å². The first kappa shape index (κ1) is 13.7. The monoisotopic (exact) mass is 327 g/mol. The highest BCUT2D eigenvalue weighted by Gasteiger charge is 2.05. The summed E-state index contributed by atoms with van der Waals surface area (Å²) in [7, 11) is 0. The van der Waals surface area contributed by atoms with E-state index in [2.05, 4.69) is 40.3 Å². The molecule has 0 bridgehead atoms. The van der Waals surface area contributed by atoms with Crippen LogP contribution in [0.4, 0.5) is 4.39 Å². The molecule has 4 heteroatoms. The predicted octanol–water partition coefficient (Wildman–Crippen LogP) is 4.54. The molecule has 0 saturated heterocycles. The Balaban J connectivity index is 1.83. The Kier molecular flexibility index (Phi) is 4.92. The number of halogens is 2. The van der Waals surface area contributed by atoms with Crippen LogP contribution in [0.25, 0.3) is 0 Å². The Labute approximate surface area is 119 Å². The Morgan fingerprint density at radius 2 is 2.17 bits per heavy atom. The van der Waals surface area contributed by atoms with Gasteiger partial charge >= 0.3 is 0 Å². The van der Waals surface area contributed by atoms with E-state index in [0.29, 0.717) is 0 Å². The van der Waals surface area contributed by atoms with Gasteiger partial charge in [-0.3, -0.25) is 0 Å². The van der Waals surface area contributed by atoms with Crippen LogP contribution in [-0.4, -0.2) is 6.54 Å². The summed E-state index contributed by atoms with van der Waals surface area (Å²) >= 11 is 5.21. The smallest absolute Gasteiger partial charge is 0.123 e. The molecule has 0 aliphatic heterocycles. The van der Waals surface area contributed by atoms with Gasteiger partial charge in [-0.15, -0.1) is 11.3 Å². The molecule has 0 spiro atoms. The van der Waals surface area contributed by atoms with E-state index in [1.54, 1.807) is 23.5 Å². The van der Waals surface area contributed by atoms with E-state index in [9.17, 15) is 4.39 Å². The summed E-state index contributed by atoms with van der Waals surface area (Å²) in [6, 6.07) is 11.1. The van der Waals surface area contributed by atoms with Crippen LogP contribution < -0.4 is 5.32 Å². The molecule has 1 aromatic heterocycles. The lowest BCUT2D eigenvalue weighted by Crippen LogP contribution is -2.21. The van der Waals surface area contributed by atoms with E-state index in [-0.39, 0.29) is 11.9 Å². The molecule has 1 atom stereocenters. The van der Waals surface area contributed by atoms with Crippen LogP contribution in [0.5, 0.6) is 0 Å². The predicted molar refractivity (Wildman–Crippen MR) is 78.5 cm³/mol. The van der Waals surface area contributed by atoms with Crippen molar-refractivity contribution in [1.29, 1.82) is 0 Å². The quantitative estimate of drug-likeness (QED) is 0.849. The van der Waals surface area contributed by atoms with Crippen LogP contribution >= 0.6 is 27.3 Å². The third-order valence-electron chi connectivity index (χ3n) is 2.80. The van der Waals surface area contributed by atoms with Crippen LogP contribution in [-0.2, 0) is 6.42 Å². The van der Waals surface area contributed by atoms with E-state index < -0.39 is 0 Å². The second kappa shape index (κ2) is 6.45. The molecule has 0 aliphatic rings. The molecule has 2 aromatic rings. The van der Waals surface area contributed by atoms with Crippen molar-refractivity contribution in [2.75, 3.05) is 6.54 Å². The summed E-state index contributed by atoms with van der Waals surface area (Å²) in [4.78, 5) is 1.35. The average molecular weight is 328 g/mol. The lowest BCUT2D eigenvalue weighted by molar-refractivity contribution is 0.568. The highest BCUT2D eigenvalue weighted by atomic mass is 79.9. The molecule has 1 unspecified atom stereocenters. The molecule has 1 nitrogen and oxygen atoms in total. The van der Waals surface area contributed by atoms with Gasteiger partial charge in [0.25, 0.3) is 0 Å². The van der Waals surface area contributed by atoms with Gasteiger partial charge < -0.3 is 5.32 Å². The zero-order valence-electron chi connectivity index (χ0n) is 10.1. The molecule has 1 N–H and O–H groups in total. The summed E-state index contributed by atoms with van der Waals surface area (Å²) in [5, 5.41) is 3.41. The zero-order valence-corrected chi connectivity index (χ0v) is 12.5. The lowest BCUT2D eigenvalue weighted by Gasteiger charge is -2.13. The average Bonchev–Trinajstić information content (AvgIpc) is 2.75. The molecule has 0 radical (unpaired) electrons. The van der Waals surface area contributed by atoms with Crippen molar-refractivity contribution in [1.82, 2.24) is 5.32 Å². The van der Waals surface area contributed by atoms with E-state index in [1.165, 1.54) is 10.9 Å². The Morgan fingerprint density at radius 3 is 2.83 bits per heavy atom. The summed E-state index contributed by atoms with van der Waals surface area (Å²) < 4.78 is 14.2. The summed E-state index contributed by atoms with van der Waals surface area (Å²) in [5.74, 6) is -0.177. The number of hydrogen-bond donors (Lipinski definition) is 1. The third-order valence-corrected chi connectivity index (χ3v) is 4.48. The molecule has 0 amide bonds. The lowest BCUT2D eigenvalue weighted by atomic mass is 10.1. The number of rotatable bonds is 5. The van der Waals surface area contributed by atoms with Crippen LogP contribution in [0.1, 0.15) is 23.4 Å². The van der Waals surface area contributed by atoms with Crippen molar-refractivity contribution in [3.05, 3.63) is 56.4 Å². The summed E-state index contributed by atoms with van der Waals surface area (Å²) in [6.07, 6.45) is 0.996. The molecular weight excluding hydrogens is 313 g/mol. The first-order valence-electron chi connectivity index (χ1n) is 5.88. The second-order valence-electron chi connectivity index (χ2n) is 4.19. The van der Waals surface area contributed by atoms with E-state index >= 15 is 0 Å². The van der Waals surface area contributed by atoms with Gasteiger partial charge in [0.1, 0.15) is 5.82 Å². The Bertz CT molecular complexity index is 512. The van der Waals surface area contributed by atoms with E-state index in [4.69, 9.17) is 0 Å². The minimum absolute atomic E-state index is 0.170. The second-order valence-corrected chi connectivity index (χ2v) is 6.73. The van der Waals surface area contributed by atoms with Gasteiger partial charge in [-0.1, -0.05) is 12.1 Å². The Morgan fingerprint density at radius 1 is 1.33 bits per heavy atom. The molecule has 0 saturated carbocycles. The fourth-order valence-corrected chi connectivity index (χ4v) is 3.27. The van der Waals surface area contributed by atoms with Gasteiger partial charge in [-0.25, -0.2) is 4.39 Å². The van der Waals surface area contributed by atoms with Crippen molar-refractivity contribution >= 4 is 27.3 Å². The fourth-order valence-electron chi connectivity index (χ4n) is 1.79. The van der Waals surface area contributed by atoms with Crippen LogP contribution in [0.2, 0.25) is 0 Å². The molecular formula is C14H15BrFNS. The normalized spacial score (nSPS) is 12.6. The summed E-state index contributed by atoms with van der Waals surface area (Å²) in [5.41, 5.74) is 0.988. The molecule has 0 fully saturated rings. The van der Waals surface area contributed by atoms with E-state index in [1.807, 2.05) is 6.07 Å². The number of benzene rings is 1. The van der Waals surface area contributed by atoms with Crippen molar-refractivity contribution in [2.24, 2.45) is 0 Å². The SMILES string of the molecule is CC(NCCc1ccc(Br)s1)c1cccc(F)c1. The minimum atomic E-state index is -0.177. The molecule has 1 aromatic carbocycles. The van der Waals surface area contributed by atoms with Crippen LogP contribution in [0.3, 0.4) is 0 Å². The Hall–Kier alpha value is -0.710. The van der Waals surface area contributed by atoms with Gasteiger partial charge in [0, 0.05) is 17.5 Å². The number of nitrogens with one attached hydrogen (secondary N) is 1. The first-order chi connectivity index (χ1) is 8.65. The number of thiophene rings is 1. The maximum atomic E-state index is 13.1. The molecule has 96 valence electrons. The molecule has 2 rings (SSSR count). The highest BCUT2D eigenvalue weighted by Crippen LogP contribution is 2.22. The summed E-state index contributed by atoms with van der Waals surface area (Å²) in [6.45, 7) is 2.95. The number of hydrogen-bond acceptors (Lipinski definition) is 2. The van der Waals surface area contributed by atoms with Gasteiger partial charge in [0.05, 0.1) is 3.79 Å². The van der Waals surface area contributed by atoms with Crippen LogP contribution in [0.15, 0.2) is 40.2 Å². The van der Waals surface area contributed by atoms with Gasteiger partial charge in [0.2, 0.25) is 0 Å². The maximum Gasteiger partial charge on any atom is 0.123 e. The third kappa shape index (κ3) is 3.90. The van der Waals surface area contributed by atoms with Gasteiger partial charge in [-0.05, 0) is 59.1 Å². The zero-order chi connectivity index (χ0) is 13.0. The van der Waals surface area contributed by atoms with Crippen molar-refractivity contribution in [3.63, 3.8) is 0 Å². The van der Waals surface area contributed by atoms with Crippen LogP contribution in [0, 0.1) is 5.82 Å². The largest absolute Gasteiger partial charge is 0.310 e. The van der Waals surface area contributed by atoms with Crippen molar-refractivity contribution in [2.45, 2.75) is 19.4 Å². The highest BCUT2D eigenvalue weighted by molar-refractivity contribution is 9.11. The fraction of sp³-hybridized carbons (Fsp3) is 0.286. The standard InChI is InChI=1S/C14H15BrFNS/c1-10(11-3-2-4-12(16)9-11)17-8-7-13-5-6-14(15)18-13/h2-6,9-10,17H,7-8H2,1H3. The molecule has 1 heterocycles. The topological polar surface area (TPSA) is 12.0 Å². The van der Waals surface area contributed by atoms with Crippen molar-refractivity contribution in [3.8, 4) is 0 Å². The van der Waals surface area contributed by atoms with Gasteiger partial charge in [0.15, 0.2) is 0 Å². The first-order valence-corrected chi connectivity index (χ1v) is 7.49. The van der Waals surface area contributed by atoms with E-state index in [0.717, 1.165) is 22.3 Å². The molecule has 18 heavy (non-hydrogen) atoms. The maximum absolute atomic E-state index is 13.1. The minimum Gasteiger partial charge on any atom is -0.310 e.